The van der Waals surface area contributed by atoms with E-state index >= 15 is 0 Å². The number of quaternary nitrogens is 1. The van der Waals surface area contributed by atoms with Crippen LogP contribution < -0.4 is 5.32 Å². The minimum Gasteiger partial charge on any atom is -0.345 e. The molecule has 2 aromatic carbocycles. The zero-order valence-electron chi connectivity index (χ0n) is 27.8. The van der Waals surface area contributed by atoms with Crippen molar-refractivity contribution in [3.63, 3.8) is 0 Å². The van der Waals surface area contributed by atoms with Crippen molar-refractivity contribution in [1.82, 2.24) is 0 Å². The number of fused-ring (bicyclic) bond motifs is 6. The fraction of sp³-hybridized carbons (Fsp3) is 0.700. The average Bonchev–Trinajstić information content (AvgIpc) is 2.92. The normalized spacial score (nSPS) is 36.4. The Morgan fingerprint density at radius 1 is 0.634 bits per heavy atom. The largest absolute Gasteiger partial charge is 0.345 e. The molecule has 0 unspecified atom stereocenters. The zero-order valence-corrected chi connectivity index (χ0v) is 27.8. The van der Waals surface area contributed by atoms with Gasteiger partial charge in [-0.2, -0.15) is 0 Å². The zero-order chi connectivity index (χ0) is 29.2. The Kier molecular flexibility index (Phi) is 7.57. The predicted octanol–water partition coefficient (Wildman–Crippen LogP) is 9.22. The van der Waals surface area contributed by atoms with Gasteiger partial charge in [0.05, 0.1) is 13.1 Å². The quantitative estimate of drug-likeness (QED) is 0.366. The molecule has 2 saturated carbocycles. The first kappa shape index (κ1) is 29.5. The van der Waals surface area contributed by atoms with Gasteiger partial charge in [0.25, 0.3) is 0 Å². The highest BCUT2D eigenvalue weighted by molar-refractivity contribution is 5.43. The lowest BCUT2D eigenvalue weighted by atomic mass is 9.49. The summed E-state index contributed by atoms with van der Waals surface area (Å²) < 4.78 is 0. The Bertz CT molecular complexity index is 1170. The monoisotopic (exact) mass is 554 g/mol. The van der Waals surface area contributed by atoms with Crippen LogP contribution in [-0.4, -0.2) is 13.1 Å². The summed E-state index contributed by atoms with van der Waals surface area (Å²) in [7, 11) is 0. The van der Waals surface area contributed by atoms with Crippen molar-refractivity contribution in [1.29, 1.82) is 0 Å². The van der Waals surface area contributed by atoms with Crippen LogP contribution in [0.1, 0.15) is 152 Å². The standard InChI is InChI=1S/C40H59N/c1-27(2)29-11-15-33-31(23-29)13-17-35-37(5,19-9-21-39(33,35)7)25-41-26-38(6)20-10-22-40(8)34-16-12-30(28(3)4)24-32(34)14-18-36(38)40/h11-12,15-16,23-24,27-28,35-36,41H,9-10,13-14,17-22,25-26H2,1-8H3/p+1/t35-,36-,37-,38-,39+,40+/m0/s1. The smallest absolute Gasteiger partial charge is 0.0812 e. The molecular formula is C40H60N+. The van der Waals surface area contributed by atoms with Gasteiger partial charge in [0.2, 0.25) is 0 Å². The van der Waals surface area contributed by atoms with E-state index < -0.39 is 0 Å². The molecule has 0 radical (unpaired) electrons. The third kappa shape index (κ3) is 4.85. The summed E-state index contributed by atoms with van der Waals surface area (Å²) >= 11 is 0. The Hall–Kier alpha value is -1.60. The molecule has 2 N–H and O–H groups in total. The van der Waals surface area contributed by atoms with E-state index in [1.807, 2.05) is 0 Å². The Morgan fingerprint density at radius 2 is 1.05 bits per heavy atom. The molecule has 2 aromatic rings. The van der Waals surface area contributed by atoms with E-state index in [2.05, 4.69) is 97.1 Å². The lowest BCUT2D eigenvalue weighted by Crippen LogP contribution is -2.90. The van der Waals surface area contributed by atoms with Crippen LogP contribution in [0.4, 0.5) is 0 Å². The Morgan fingerprint density at radius 3 is 1.44 bits per heavy atom. The van der Waals surface area contributed by atoms with Gasteiger partial charge in [0, 0.05) is 10.8 Å². The highest BCUT2D eigenvalue weighted by atomic mass is 14.9. The third-order valence-corrected chi connectivity index (χ3v) is 13.6. The van der Waals surface area contributed by atoms with Gasteiger partial charge < -0.3 is 5.32 Å². The number of rotatable bonds is 6. The molecule has 0 bridgehead atoms. The second-order valence-corrected chi connectivity index (χ2v) is 16.9. The van der Waals surface area contributed by atoms with Crippen LogP contribution in [-0.2, 0) is 23.7 Å². The molecule has 0 aliphatic heterocycles. The maximum atomic E-state index is 2.81. The molecule has 4 aliphatic carbocycles. The van der Waals surface area contributed by atoms with Gasteiger partial charge in [0.1, 0.15) is 0 Å². The van der Waals surface area contributed by atoms with Gasteiger partial charge in [0.15, 0.2) is 0 Å². The van der Waals surface area contributed by atoms with E-state index in [1.54, 1.807) is 22.3 Å². The van der Waals surface area contributed by atoms with Crippen LogP contribution in [0.5, 0.6) is 0 Å². The summed E-state index contributed by atoms with van der Waals surface area (Å²) in [6, 6.07) is 15.1. The first-order chi connectivity index (χ1) is 19.4. The predicted molar refractivity (Wildman–Crippen MR) is 175 cm³/mol. The van der Waals surface area contributed by atoms with Gasteiger partial charge in [-0.3, -0.25) is 0 Å². The van der Waals surface area contributed by atoms with Crippen molar-refractivity contribution in [2.24, 2.45) is 22.7 Å². The lowest BCUT2D eigenvalue weighted by molar-refractivity contribution is -0.681. The van der Waals surface area contributed by atoms with E-state index in [4.69, 9.17) is 0 Å². The number of hydrogen-bond donors (Lipinski definition) is 1. The van der Waals surface area contributed by atoms with Crippen molar-refractivity contribution in [2.45, 2.75) is 142 Å². The molecule has 6 rings (SSSR count). The Labute approximate surface area is 252 Å². The molecule has 4 aliphatic rings. The average molecular weight is 555 g/mol. The van der Waals surface area contributed by atoms with Crippen LogP contribution in [0, 0.1) is 22.7 Å². The van der Waals surface area contributed by atoms with Crippen LogP contribution >= 0.6 is 0 Å². The second-order valence-electron chi connectivity index (χ2n) is 16.9. The summed E-state index contributed by atoms with van der Waals surface area (Å²) in [5.74, 6) is 2.85. The van der Waals surface area contributed by atoms with Crippen molar-refractivity contribution in [2.75, 3.05) is 13.1 Å². The van der Waals surface area contributed by atoms with Crippen LogP contribution in [0.25, 0.3) is 0 Å². The van der Waals surface area contributed by atoms with Gasteiger partial charge in [-0.1, -0.05) is 105 Å². The highest BCUT2D eigenvalue weighted by Gasteiger charge is 2.55. The van der Waals surface area contributed by atoms with Crippen molar-refractivity contribution in [3.05, 3.63) is 69.8 Å². The molecule has 224 valence electrons. The first-order valence-electron chi connectivity index (χ1n) is 17.5. The summed E-state index contributed by atoms with van der Waals surface area (Å²) in [4.78, 5) is 0. The SMILES string of the molecule is CC(C)c1ccc2c(c1)CC[C@H]1[C@](C)(C[NH2+]C[C@]3(C)CCC[C@]4(C)c5ccc(C(C)C)cc5CC[C@@H]34)CCC[C@]21C. The van der Waals surface area contributed by atoms with Gasteiger partial charge >= 0.3 is 0 Å². The van der Waals surface area contributed by atoms with E-state index in [9.17, 15) is 0 Å². The fourth-order valence-corrected chi connectivity index (χ4v) is 11.2. The van der Waals surface area contributed by atoms with E-state index in [0.29, 0.717) is 33.5 Å². The minimum absolute atomic E-state index is 0.346. The molecule has 0 aromatic heterocycles. The molecule has 1 nitrogen and oxygen atoms in total. The number of hydrogen-bond acceptors (Lipinski definition) is 0. The van der Waals surface area contributed by atoms with E-state index in [-0.39, 0.29) is 0 Å². The van der Waals surface area contributed by atoms with Gasteiger partial charge in [-0.25, -0.2) is 0 Å². The van der Waals surface area contributed by atoms with Crippen LogP contribution in [0.15, 0.2) is 36.4 Å². The fourth-order valence-electron chi connectivity index (χ4n) is 11.2. The number of aryl methyl sites for hydroxylation is 2. The van der Waals surface area contributed by atoms with Crippen molar-refractivity contribution in [3.8, 4) is 0 Å². The topological polar surface area (TPSA) is 16.6 Å². The maximum absolute atomic E-state index is 2.81. The van der Waals surface area contributed by atoms with Gasteiger partial charge in [-0.05, 0) is 119 Å². The summed E-state index contributed by atoms with van der Waals surface area (Å²) in [5.41, 5.74) is 11.3. The molecule has 0 spiro atoms. The molecule has 0 amide bonds. The van der Waals surface area contributed by atoms with E-state index in [0.717, 1.165) is 11.8 Å². The van der Waals surface area contributed by atoms with Crippen molar-refractivity contribution >= 4 is 0 Å². The van der Waals surface area contributed by atoms with Gasteiger partial charge in [-0.15, -0.1) is 0 Å². The number of nitrogens with two attached hydrogens (primary N) is 1. The summed E-state index contributed by atoms with van der Waals surface area (Å²) in [6.45, 7) is 22.6. The highest BCUT2D eigenvalue weighted by Crippen LogP contribution is 2.58. The molecular weight excluding hydrogens is 494 g/mol. The molecule has 2 fully saturated rings. The molecule has 41 heavy (non-hydrogen) atoms. The minimum atomic E-state index is 0.346. The lowest BCUT2D eigenvalue weighted by Gasteiger charge is -2.56. The molecule has 6 atom stereocenters. The Balaban J connectivity index is 1.18. The molecule has 1 heteroatoms. The first-order valence-corrected chi connectivity index (χ1v) is 17.5. The second kappa shape index (κ2) is 10.5. The molecule has 0 saturated heterocycles. The third-order valence-electron chi connectivity index (χ3n) is 13.6. The summed E-state index contributed by atoms with van der Waals surface area (Å²) in [5, 5.41) is 2.81. The summed E-state index contributed by atoms with van der Waals surface area (Å²) in [6.07, 6.45) is 13.6. The number of benzene rings is 2. The maximum Gasteiger partial charge on any atom is 0.0812 e. The van der Waals surface area contributed by atoms with Crippen LogP contribution in [0.2, 0.25) is 0 Å². The van der Waals surface area contributed by atoms with Crippen molar-refractivity contribution < 1.29 is 5.32 Å². The van der Waals surface area contributed by atoms with Crippen LogP contribution in [0.3, 0.4) is 0 Å². The van der Waals surface area contributed by atoms with E-state index in [1.165, 1.54) is 88.4 Å². The molecule has 0 heterocycles.